The van der Waals surface area contributed by atoms with Crippen molar-refractivity contribution in [1.82, 2.24) is 9.55 Å². The minimum atomic E-state index is -0.221. The molecule has 0 unspecified atom stereocenters. The number of hydrogen-bond acceptors (Lipinski definition) is 4. The van der Waals surface area contributed by atoms with Gasteiger partial charge in [0.2, 0.25) is 0 Å². The second-order valence-electron chi connectivity index (χ2n) is 7.18. The van der Waals surface area contributed by atoms with Crippen molar-refractivity contribution < 1.29 is 14.0 Å². The number of ketones is 2. The van der Waals surface area contributed by atoms with Crippen molar-refractivity contribution in [2.45, 2.75) is 13.5 Å². The molecule has 3 aromatic heterocycles. The molecule has 5 rings (SSSR count). The van der Waals surface area contributed by atoms with Gasteiger partial charge in [0.05, 0.1) is 11.1 Å². The van der Waals surface area contributed by atoms with Gasteiger partial charge in [0.1, 0.15) is 13.6 Å². The molecule has 1 aliphatic rings. The molecule has 0 saturated carbocycles. The molecule has 0 bridgehead atoms. The van der Waals surface area contributed by atoms with E-state index in [1.165, 1.54) is 0 Å². The van der Waals surface area contributed by atoms with Crippen molar-refractivity contribution in [2.24, 2.45) is 0 Å². The predicted octanol–water partition coefficient (Wildman–Crippen LogP) is 3.04. The number of benzene rings is 1. The van der Waals surface area contributed by atoms with E-state index in [0.717, 1.165) is 28.0 Å². The Labute approximate surface area is 168 Å². The summed E-state index contributed by atoms with van der Waals surface area (Å²) >= 11 is 0. The molecule has 3 heterocycles. The molecule has 0 atom stereocenters. The van der Waals surface area contributed by atoms with Crippen molar-refractivity contribution in [3.05, 3.63) is 77.3 Å². The van der Waals surface area contributed by atoms with E-state index >= 15 is 0 Å². The molecule has 0 spiro atoms. The number of pyridine rings is 1. The molecule has 1 aromatic carbocycles. The zero-order valence-corrected chi connectivity index (χ0v) is 16.1. The van der Waals surface area contributed by atoms with Crippen molar-refractivity contribution in [3.63, 3.8) is 0 Å². The average molecular weight is 380 g/mol. The van der Waals surface area contributed by atoms with Gasteiger partial charge in [-0.2, -0.15) is 0 Å². The van der Waals surface area contributed by atoms with Crippen LogP contribution in [0.2, 0.25) is 0 Å². The minimum absolute atomic E-state index is 0.202. The average Bonchev–Trinajstić information content (AvgIpc) is 3.35. The maximum atomic E-state index is 12.8. The lowest BCUT2D eigenvalue weighted by Gasteiger charge is -2.04. The Bertz CT molecular complexity index is 1330. The van der Waals surface area contributed by atoms with E-state index in [9.17, 15) is 9.59 Å². The van der Waals surface area contributed by atoms with Crippen LogP contribution in [0, 0.1) is 0 Å². The summed E-state index contributed by atoms with van der Waals surface area (Å²) in [5, 5.41) is 0. The molecule has 0 N–H and O–H groups in total. The number of rotatable bonds is 3. The summed E-state index contributed by atoms with van der Waals surface area (Å²) in [5.74, 6) is 0.298. The number of nitrogens with zero attached hydrogens (tertiary/aromatic N) is 2. The van der Waals surface area contributed by atoms with Crippen molar-refractivity contribution in [3.8, 4) is 11.3 Å². The fraction of sp³-hybridized carbons (Fsp3) is 0.0870. The quantitative estimate of drug-likeness (QED) is 0.311. The molecular formula is C23H17BN2O3. The molecular weight excluding hydrogens is 363 g/mol. The number of furan rings is 1. The Morgan fingerprint density at radius 1 is 1.10 bits per heavy atom. The van der Waals surface area contributed by atoms with E-state index in [4.69, 9.17) is 4.42 Å². The van der Waals surface area contributed by atoms with E-state index in [1.54, 1.807) is 30.6 Å². The number of hydrogen-bond donors (Lipinski definition) is 0. The lowest BCUT2D eigenvalue weighted by molar-refractivity contribution is 0.0990. The molecule has 0 aliphatic heterocycles. The van der Waals surface area contributed by atoms with Crippen LogP contribution in [0.3, 0.4) is 0 Å². The maximum Gasteiger partial charge on any atom is 0.197 e. The summed E-state index contributed by atoms with van der Waals surface area (Å²) in [6.07, 6.45) is 5.16. The van der Waals surface area contributed by atoms with Gasteiger partial charge in [-0.25, -0.2) is 0 Å². The molecule has 4 aromatic rings. The summed E-state index contributed by atoms with van der Waals surface area (Å²) in [6, 6.07) is 13.0. The normalized spacial score (nSPS) is 14.9. The molecule has 140 valence electrons. The van der Waals surface area contributed by atoms with Gasteiger partial charge in [-0.1, -0.05) is 23.7 Å². The van der Waals surface area contributed by atoms with Gasteiger partial charge >= 0.3 is 0 Å². The van der Waals surface area contributed by atoms with E-state index in [1.807, 2.05) is 49.7 Å². The number of carbonyl (C=O) groups excluding carboxylic acids is 2. The van der Waals surface area contributed by atoms with E-state index in [-0.39, 0.29) is 17.1 Å². The standard InChI is InChI=1S/C23H17BN2O3/c1-2-26-15(9-18-22(27)16-6-5-14(24)8-17(16)23(18)28)10-21-19(26)11-20(29-21)13-4-3-7-25-12-13/h3-12H,2,24H2,1H3/b18-9-. The zero-order valence-electron chi connectivity index (χ0n) is 16.1. The first-order valence-electron chi connectivity index (χ1n) is 9.52. The minimum Gasteiger partial charge on any atom is -0.454 e. The highest BCUT2D eigenvalue weighted by Crippen LogP contribution is 2.32. The van der Waals surface area contributed by atoms with Gasteiger partial charge in [-0.15, -0.1) is 0 Å². The van der Waals surface area contributed by atoms with Crippen LogP contribution in [0.1, 0.15) is 33.3 Å². The molecule has 1 aliphatic carbocycles. The third-order valence-corrected chi connectivity index (χ3v) is 5.33. The highest BCUT2D eigenvalue weighted by molar-refractivity contribution is 6.42. The second kappa shape index (κ2) is 6.45. The van der Waals surface area contributed by atoms with Gasteiger partial charge in [-0.3, -0.25) is 14.6 Å². The Morgan fingerprint density at radius 2 is 1.93 bits per heavy atom. The lowest BCUT2D eigenvalue weighted by atomic mass is 9.93. The number of aromatic nitrogens is 2. The number of fused-ring (bicyclic) bond motifs is 2. The number of allylic oxidation sites excluding steroid dienone is 1. The first kappa shape index (κ1) is 17.4. The zero-order chi connectivity index (χ0) is 20.1. The first-order valence-corrected chi connectivity index (χ1v) is 9.52. The van der Waals surface area contributed by atoms with Crippen LogP contribution in [-0.2, 0) is 6.54 Å². The molecule has 29 heavy (non-hydrogen) atoms. The molecule has 6 heteroatoms. The van der Waals surface area contributed by atoms with Gasteiger partial charge in [0, 0.05) is 53.5 Å². The fourth-order valence-electron chi connectivity index (χ4n) is 3.90. The van der Waals surface area contributed by atoms with Crippen molar-refractivity contribution in [1.29, 1.82) is 0 Å². The highest BCUT2D eigenvalue weighted by atomic mass is 16.3. The van der Waals surface area contributed by atoms with Crippen molar-refractivity contribution >= 4 is 42.1 Å². The molecule has 5 nitrogen and oxygen atoms in total. The molecule has 0 fully saturated rings. The van der Waals surface area contributed by atoms with Crippen LogP contribution in [0.25, 0.3) is 28.5 Å². The van der Waals surface area contributed by atoms with Crippen LogP contribution >= 0.6 is 0 Å². The second-order valence-corrected chi connectivity index (χ2v) is 7.18. The van der Waals surface area contributed by atoms with Gasteiger partial charge in [0.25, 0.3) is 0 Å². The Kier molecular flexibility index (Phi) is 3.88. The summed E-state index contributed by atoms with van der Waals surface area (Å²) < 4.78 is 8.06. The lowest BCUT2D eigenvalue weighted by Crippen LogP contribution is -2.05. The van der Waals surface area contributed by atoms with Crippen LogP contribution < -0.4 is 5.46 Å². The van der Waals surface area contributed by atoms with Crippen molar-refractivity contribution in [2.75, 3.05) is 0 Å². The molecule has 0 saturated heterocycles. The summed E-state index contributed by atoms with van der Waals surface area (Å²) in [6.45, 7) is 2.71. The van der Waals surface area contributed by atoms with Gasteiger partial charge in [0.15, 0.2) is 17.1 Å². The predicted molar refractivity (Wildman–Crippen MR) is 114 cm³/mol. The van der Waals surface area contributed by atoms with E-state index < -0.39 is 0 Å². The topological polar surface area (TPSA) is 65.1 Å². The first-order chi connectivity index (χ1) is 14.1. The largest absolute Gasteiger partial charge is 0.454 e. The van der Waals surface area contributed by atoms with Gasteiger partial charge in [-0.05, 0) is 25.1 Å². The summed E-state index contributed by atoms with van der Waals surface area (Å²) in [4.78, 5) is 29.7. The number of Topliss-reactive ketones (excluding diaryl/α,β-unsaturated/α-hetero) is 2. The number of aryl methyl sites for hydroxylation is 1. The summed E-state index contributed by atoms with van der Waals surface area (Å²) in [7, 11) is 1.91. The third kappa shape index (κ3) is 2.68. The van der Waals surface area contributed by atoms with Crippen LogP contribution in [0.4, 0.5) is 0 Å². The third-order valence-electron chi connectivity index (χ3n) is 5.33. The monoisotopic (exact) mass is 380 g/mol. The van der Waals surface area contributed by atoms with Crippen LogP contribution in [0.15, 0.2) is 64.8 Å². The SMILES string of the molecule is Bc1ccc2c(c1)C(=O)/C(=C\c1cc3oc(-c4cccnc4)cc3n1CC)C2=O. The Hall–Kier alpha value is -3.67. The van der Waals surface area contributed by atoms with E-state index in [0.29, 0.717) is 23.3 Å². The van der Waals surface area contributed by atoms with Crippen LogP contribution in [0.5, 0.6) is 0 Å². The smallest absolute Gasteiger partial charge is 0.197 e. The maximum absolute atomic E-state index is 12.8. The summed E-state index contributed by atoms with van der Waals surface area (Å²) in [5.41, 5.74) is 5.44. The van der Waals surface area contributed by atoms with Gasteiger partial charge < -0.3 is 8.98 Å². The van der Waals surface area contributed by atoms with Crippen LogP contribution in [-0.4, -0.2) is 29.0 Å². The Morgan fingerprint density at radius 3 is 2.69 bits per heavy atom. The highest BCUT2D eigenvalue weighted by Gasteiger charge is 2.33. The fourth-order valence-corrected chi connectivity index (χ4v) is 3.90. The molecule has 0 radical (unpaired) electrons. The van der Waals surface area contributed by atoms with E-state index in [2.05, 4.69) is 4.98 Å². The molecule has 0 amide bonds. The number of carbonyl (C=O) groups is 2. The Balaban J connectivity index is 1.60.